The molecule has 2 aromatic carbocycles. The van der Waals surface area contributed by atoms with E-state index in [1.165, 1.54) is 6.07 Å². The molecule has 0 bridgehead atoms. The Balaban J connectivity index is 1.60. The molecule has 10 heteroatoms. The van der Waals surface area contributed by atoms with Gasteiger partial charge in [-0.3, -0.25) is 4.79 Å². The highest BCUT2D eigenvalue weighted by Gasteiger charge is 2.19. The summed E-state index contributed by atoms with van der Waals surface area (Å²) >= 11 is 3.29. The van der Waals surface area contributed by atoms with Crippen LogP contribution in [0.15, 0.2) is 56.5 Å². The van der Waals surface area contributed by atoms with Crippen molar-refractivity contribution in [1.29, 1.82) is 0 Å². The third kappa shape index (κ3) is 4.03. The number of hydrogen-bond acceptors (Lipinski definition) is 6. The fourth-order valence-electron chi connectivity index (χ4n) is 2.17. The van der Waals surface area contributed by atoms with Gasteiger partial charge in [-0.05, 0) is 40.6 Å². The molecular formula is C15H13BrN4O4S. The third-order valence-electron chi connectivity index (χ3n) is 3.33. The zero-order chi connectivity index (χ0) is 17.9. The Morgan fingerprint density at radius 1 is 1.12 bits per heavy atom. The molecule has 0 saturated heterocycles. The maximum Gasteiger partial charge on any atom is 0.251 e. The monoisotopic (exact) mass is 424 g/mol. The number of sulfonamides is 1. The summed E-state index contributed by atoms with van der Waals surface area (Å²) in [5.41, 5.74) is 0.995. The van der Waals surface area contributed by atoms with Crippen molar-refractivity contribution < 1.29 is 17.8 Å². The number of amides is 1. The summed E-state index contributed by atoms with van der Waals surface area (Å²) < 4.78 is 32.5. The van der Waals surface area contributed by atoms with Crippen molar-refractivity contribution >= 4 is 42.9 Å². The lowest BCUT2D eigenvalue weighted by atomic mass is 10.2. The lowest BCUT2D eigenvalue weighted by Gasteiger charge is -2.08. The van der Waals surface area contributed by atoms with Gasteiger partial charge in [0.1, 0.15) is 10.4 Å². The normalized spacial score (nSPS) is 11.6. The highest BCUT2D eigenvalue weighted by atomic mass is 79.9. The summed E-state index contributed by atoms with van der Waals surface area (Å²) in [6.45, 7) is 0.168. The zero-order valence-electron chi connectivity index (χ0n) is 12.8. The van der Waals surface area contributed by atoms with Gasteiger partial charge in [0.2, 0.25) is 10.0 Å². The fourth-order valence-corrected chi connectivity index (χ4v) is 3.75. The molecule has 0 atom stereocenters. The Kier molecular flexibility index (Phi) is 5.11. The van der Waals surface area contributed by atoms with Crippen molar-refractivity contribution in [2.75, 3.05) is 13.1 Å². The minimum absolute atomic E-state index is 0.0235. The molecule has 3 aromatic rings. The van der Waals surface area contributed by atoms with Gasteiger partial charge in [0, 0.05) is 23.1 Å². The van der Waals surface area contributed by atoms with Gasteiger partial charge in [-0.1, -0.05) is 28.1 Å². The molecule has 2 N–H and O–H groups in total. The van der Waals surface area contributed by atoms with E-state index in [0.717, 1.165) is 4.47 Å². The third-order valence-corrected chi connectivity index (χ3v) is 5.31. The predicted molar refractivity (Wildman–Crippen MR) is 93.5 cm³/mol. The van der Waals surface area contributed by atoms with Crippen molar-refractivity contribution in [3.8, 4) is 0 Å². The van der Waals surface area contributed by atoms with Gasteiger partial charge in [0.15, 0.2) is 5.52 Å². The van der Waals surface area contributed by atoms with E-state index in [-0.39, 0.29) is 29.4 Å². The molecule has 3 rings (SSSR count). The summed E-state index contributed by atoms with van der Waals surface area (Å²) in [5.74, 6) is -0.289. The van der Waals surface area contributed by atoms with Gasteiger partial charge in [0.25, 0.3) is 5.91 Å². The Bertz CT molecular complexity index is 1020. The SMILES string of the molecule is O=C(NCCNS(=O)(=O)c1cccc2nonc12)c1cccc(Br)c1. The van der Waals surface area contributed by atoms with Crippen LogP contribution in [0.2, 0.25) is 0 Å². The lowest BCUT2D eigenvalue weighted by Crippen LogP contribution is -2.34. The summed E-state index contributed by atoms with van der Waals surface area (Å²) in [6.07, 6.45) is 0. The molecule has 0 radical (unpaired) electrons. The first-order valence-electron chi connectivity index (χ1n) is 7.22. The Hall–Kier alpha value is -2.30. The van der Waals surface area contributed by atoms with E-state index in [1.807, 2.05) is 6.07 Å². The van der Waals surface area contributed by atoms with Gasteiger partial charge < -0.3 is 5.32 Å². The van der Waals surface area contributed by atoms with E-state index in [9.17, 15) is 13.2 Å². The summed E-state index contributed by atoms with van der Waals surface area (Å²) in [5, 5.41) is 9.87. The minimum Gasteiger partial charge on any atom is -0.351 e. The van der Waals surface area contributed by atoms with Crippen LogP contribution in [-0.4, -0.2) is 37.7 Å². The van der Waals surface area contributed by atoms with Crippen LogP contribution in [0.3, 0.4) is 0 Å². The summed E-state index contributed by atoms with van der Waals surface area (Å²) in [7, 11) is -3.80. The number of aromatic nitrogens is 2. The molecule has 25 heavy (non-hydrogen) atoms. The van der Waals surface area contributed by atoms with Crippen molar-refractivity contribution in [3.63, 3.8) is 0 Å². The number of nitrogens with zero attached hydrogens (tertiary/aromatic N) is 2. The smallest absolute Gasteiger partial charge is 0.251 e. The number of benzene rings is 2. The van der Waals surface area contributed by atoms with Crippen LogP contribution in [0.4, 0.5) is 0 Å². The Labute approximate surface area is 151 Å². The molecule has 8 nitrogen and oxygen atoms in total. The Morgan fingerprint density at radius 3 is 2.72 bits per heavy atom. The summed E-state index contributed by atoms with van der Waals surface area (Å²) in [6, 6.07) is 11.5. The van der Waals surface area contributed by atoms with E-state index < -0.39 is 10.0 Å². The topological polar surface area (TPSA) is 114 Å². The van der Waals surface area contributed by atoms with Crippen molar-refractivity contribution in [3.05, 3.63) is 52.5 Å². The first-order chi connectivity index (χ1) is 12.0. The van der Waals surface area contributed by atoms with Crippen molar-refractivity contribution in [2.45, 2.75) is 4.90 Å². The van der Waals surface area contributed by atoms with Gasteiger partial charge in [-0.15, -0.1) is 0 Å². The predicted octanol–water partition coefficient (Wildman–Crippen LogP) is 1.69. The van der Waals surface area contributed by atoms with E-state index in [4.69, 9.17) is 0 Å². The lowest BCUT2D eigenvalue weighted by molar-refractivity contribution is 0.0954. The second-order valence-electron chi connectivity index (χ2n) is 5.05. The van der Waals surface area contributed by atoms with Crippen molar-refractivity contribution in [2.24, 2.45) is 0 Å². The number of carbonyl (C=O) groups excluding carboxylic acids is 1. The second-order valence-corrected chi connectivity index (χ2v) is 7.70. The number of carbonyl (C=O) groups is 1. The Morgan fingerprint density at radius 2 is 1.92 bits per heavy atom. The number of halogens is 1. The molecule has 0 aliphatic heterocycles. The molecule has 0 aliphatic rings. The van der Waals surface area contributed by atoms with Gasteiger partial charge in [-0.25, -0.2) is 17.8 Å². The summed E-state index contributed by atoms with van der Waals surface area (Å²) in [4.78, 5) is 12.0. The number of hydrogen-bond donors (Lipinski definition) is 2. The van der Waals surface area contributed by atoms with E-state index >= 15 is 0 Å². The van der Waals surface area contributed by atoms with E-state index in [2.05, 4.69) is 40.9 Å². The number of rotatable bonds is 6. The van der Waals surface area contributed by atoms with Crippen LogP contribution in [0, 0.1) is 0 Å². The molecular weight excluding hydrogens is 412 g/mol. The van der Waals surface area contributed by atoms with Gasteiger partial charge in [0.05, 0.1) is 0 Å². The number of fused-ring (bicyclic) bond motifs is 1. The van der Waals surface area contributed by atoms with Crippen LogP contribution >= 0.6 is 15.9 Å². The van der Waals surface area contributed by atoms with Gasteiger partial charge >= 0.3 is 0 Å². The van der Waals surface area contributed by atoms with Crippen LogP contribution in [0.1, 0.15) is 10.4 Å². The first-order valence-corrected chi connectivity index (χ1v) is 9.50. The molecule has 1 aromatic heterocycles. The maximum absolute atomic E-state index is 12.4. The quantitative estimate of drug-likeness (QED) is 0.581. The fraction of sp³-hybridized carbons (Fsp3) is 0.133. The standard InChI is InChI=1S/C15H13BrN4O4S/c16-11-4-1-3-10(9-11)15(21)17-7-8-18-25(22,23)13-6-2-5-12-14(13)20-24-19-12/h1-6,9,18H,7-8H2,(H,17,21). The van der Waals surface area contributed by atoms with Crippen LogP contribution in [0.25, 0.3) is 11.0 Å². The molecule has 0 aliphatic carbocycles. The average Bonchev–Trinajstić information content (AvgIpc) is 3.07. The highest BCUT2D eigenvalue weighted by molar-refractivity contribution is 9.10. The first kappa shape index (κ1) is 17.5. The molecule has 0 saturated carbocycles. The van der Waals surface area contributed by atoms with Crippen LogP contribution < -0.4 is 10.0 Å². The van der Waals surface area contributed by atoms with Crippen LogP contribution in [-0.2, 0) is 10.0 Å². The maximum atomic E-state index is 12.4. The van der Waals surface area contributed by atoms with Crippen molar-refractivity contribution in [1.82, 2.24) is 20.4 Å². The average molecular weight is 425 g/mol. The van der Waals surface area contributed by atoms with Gasteiger partial charge in [-0.2, -0.15) is 0 Å². The molecule has 0 unspecified atom stereocenters. The van der Waals surface area contributed by atoms with E-state index in [1.54, 1.807) is 30.3 Å². The second kappa shape index (κ2) is 7.30. The van der Waals surface area contributed by atoms with Crippen LogP contribution in [0.5, 0.6) is 0 Å². The zero-order valence-corrected chi connectivity index (χ0v) is 15.2. The van der Waals surface area contributed by atoms with E-state index in [0.29, 0.717) is 11.1 Å². The number of nitrogens with one attached hydrogen (secondary N) is 2. The molecule has 1 heterocycles. The molecule has 0 spiro atoms. The largest absolute Gasteiger partial charge is 0.351 e. The highest BCUT2D eigenvalue weighted by Crippen LogP contribution is 2.19. The molecule has 130 valence electrons. The minimum atomic E-state index is -3.80. The molecule has 1 amide bonds. The molecule has 0 fully saturated rings.